The highest BCUT2D eigenvalue weighted by Gasteiger charge is 2.17. The van der Waals surface area contributed by atoms with Crippen LogP contribution in [0.2, 0.25) is 0 Å². The van der Waals surface area contributed by atoms with Crippen molar-refractivity contribution in [1.29, 1.82) is 0 Å². The Morgan fingerprint density at radius 3 is 2.44 bits per heavy atom. The van der Waals surface area contributed by atoms with Crippen molar-refractivity contribution in [3.63, 3.8) is 0 Å². The van der Waals surface area contributed by atoms with Crippen molar-refractivity contribution in [2.24, 2.45) is 0 Å². The Bertz CT molecular complexity index is 175. The number of rotatable bonds is 10. The lowest BCUT2D eigenvalue weighted by molar-refractivity contribution is -0.147. The van der Waals surface area contributed by atoms with Crippen LogP contribution >= 0.6 is 0 Å². The predicted octanol–water partition coefficient (Wildman–Crippen LogP) is 0.581. The van der Waals surface area contributed by atoms with Gasteiger partial charge < -0.3 is 19.5 Å². The van der Waals surface area contributed by atoms with Gasteiger partial charge in [-0.25, -0.2) is 0 Å². The Morgan fingerprint density at radius 2 is 1.88 bits per heavy atom. The minimum atomic E-state index is -0.397. The van der Waals surface area contributed by atoms with Gasteiger partial charge in [-0.05, 0) is 20.4 Å². The van der Waals surface area contributed by atoms with Crippen LogP contribution in [0.4, 0.5) is 0 Å². The van der Waals surface area contributed by atoms with E-state index >= 15 is 0 Å². The summed E-state index contributed by atoms with van der Waals surface area (Å²) in [4.78, 5) is 11.3. The highest BCUT2D eigenvalue weighted by Crippen LogP contribution is 1.91. The van der Waals surface area contributed by atoms with Crippen LogP contribution in [0, 0.1) is 0 Å². The second-order valence-corrected chi connectivity index (χ2v) is 3.28. The first-order chi connectivity index (χ1) is 7.76. The third kappa shape index (κ3) is 7.62. The maximum Gasteiger partial charge on any atom is 0.325 e. The number of nitrogens with one attached hydrogen (secondary N) is 1. The van der Waals surface area contributed by atoms with E-state index in [0.717, 1.165) is 13.0 Å². The monoisotopic (exact) mass is 233 g/mol. The van der Waals surface area contributed by atoms with Gasteiger partial charge in [0.25, 0.3) is 0 Å². The van der Waals surface area contributed by atoms with Gasteiger partial charge in [0.2, 0.25) is 0 Å². The molecule has 0 aromatic rings. The van der Waals surface area contributed by atoms with E-state index in [1.165, 1.54) is 0 Å². The molecule has 0 heterocycles. The lowest BCUT2D eigenvalue weighted by Crippen LogP contribution is -2.39. The largest absolute Gasteiger partial charge is 0.465 e. The van der Waals surface area contributed by atoms with Crippen molar-refractivity contribution >= 4 is 5.97 Å². The lowest BCUT2D eigenvalue weighted by Gasteiger charge is -2.14. The molecule has 0 aromatic carbocycles. The molecular weight excluding hydrogens is 210 g/mol. The van der Waals surface area contributed by atoms with Gasteiger partial charge in [-0.15, -0.1) is 0 Å². The third-order valence-corrected chi connectivity index (χ3v) is 1.92. The summed E-state index contributed by atoms with van der Waals surface area (Å²) in [5.41, 5.74) is 0. The van der Waals surface area contributed by atoms with E-state index in [-0.39, 0.29) is 5.97 Å². The van der Waals surface area contributed by atoms with Crippen LogP contribution in [0.3, 0.4) is 0 Å². The van der Waals surface area contributed by atoms with Gasteiger partial charge in [-0.2, -0.15) is 0 Å². The van der Waals surface area contributed by atoms with Crippen LogP contribution < -0.4 is 5.32 Å². The topological polar surface area (TPSA) is 56.8 Å². The summed E-state index contributed by atoms with van der Waals surface area (Å²) in [6.07, 6.45) is 1.00. The molecule has 0 bridgehead atoms. The molecule has 0 amide bonds. The molecule has 0 saturated carbocycles. The number of carbonyl (C=O) groups excluding carboxylic acids is 1. The molecule has 5 heteroatoms. The second kappa shape index (κ2) is 10.9. The number of likely N-dealkylation sites (N-methyl/N-ethyl adjacent to an activating group) is 1. The lowest BCUT2D eigenvalue weighted by atomic mass is 10.3. The van der Waals surface area contributed by atoms with Gasteiger partial charge in [-0.3, -0.25) is 4.79 Å². The normalized spacial score (nSPS) is 12.4. The molecule has 0 saturated heterocycles. The molecule has 1 atom stereocenters. The van der Waals surface area contributed by atoms with Crippen LogP contribution in [0.1, 0.15) is 20.3 Å². The van der Waals surface area contributed by atoms with E-state index in [9.17, 15) is 4.79 Å². The van der Waals surface area contributed by atoms with Gasteiger partial charge in [0, 0.05) is 6.61 Å². The minimum absolute atomic E-state index is 0.278. The van der Waals surface area contributed by atoms with Crippen molar-refractivity contribution in [3.8, 4) is 0 Å². The number of hydrogen-bond acceptors (Lipinski definition) is 5. The molecule has 1 N–H and O–H groups in total. The van der Waals surface area contributed by atoms with Crippen molar-refractivity contribution in [3.05, 3.63) is 0 Å². The van der Waals surface area contributed by atoms with Gasteiger partial charge in [-0.1, -0.05) is 6.92 Å². The van der Waals surface area contributed by atoms with E-state index in [2.05, 4.69) is 12.2 Å². The predicted molar refractivity (Wildman–Crippen MR) is 61.4 cm³/mol. The Labute approximate surface area is 97.4 Å². The van der Waals surface area contributed by atoms with Crippen molar-refractivity contribution in [1.82, 2.24) is 5.32 Å². The Hall–Kier alpha value is -0.650. The van der Waals surface area contributed by atoms with Crippen LogP contribution in [0.15, 0.2) is 0 Å². The first kappa shape index (κ1) is 15.3. The molecule has 0 aliphatic heterocycles. The molecule has 16 heavy (non-hydrogen) atoms. The summed E-state index contributed by atoms with van der Waals surface area (Å²) >= 11 is 0. The highest BCUT2D eigenvalue weighted by atomic mass is 16.5. The first-order valence-corrected chi connectivity index (χ1v) is 5.75. The molecule has 0 radical (unpaired) electrons. The standard InChI is InChI=1S/C11H23NO4/c1-4-6-14-7-8-15-9-10(12-3)11(13)16-5-2/h10,12H,4-9H2,1-3H3. The van der Waals surface area contributed by atoms with Gasteiger partial charge in [0.15, 0.2) is 0 Å². The highest BCUT2D eigenvalue weighted by molar-refractivity contribution is 5.75. The van der Waals surface area contributed by atoms with E-state index in [1.807, 2.05) is 0 Å². The fourth-order valence-corrected chi connectivity index (χ4v) is 1.08. The molecule has 96 valence electrons. The van der Waals surface area contributed by atoms with Crippen LogP contribution in [-0.4, -0.2) is 52.1 Å². The molecule has 1 unspecified atom stereocenters. The summed E-state index contributed by atoms with van der Waals surface area (Å²) in [7, 11) is 1.71. The molecular formula is C11H23NO4. The summed E-state index contributed by atoms with van der Waals surface area (Å²) < 4.78 is 15.4. The fraction of sp³-hybridized carbons (Fsp3) is 0.909. The Morgan fingerprint density at radius 1 is 1.19 bits per heavy atom. The van der Waals surface area contributed by atoms with Crippen LogP contribution in [0.5, 0.6) is 0 Å². The molecule has 5 nitrogen and oxygen atoms in total. The molecule has 0 aromatic heterocycles. The van der Waals surface area contributed by atoms with E-state index in [4.69, 9.17) is 14.2 Å². The van der Waals surface area contributed by atoms with Gasteiger partial charge in [0.05, 0.1) is 26.4 Å². The Balaban J connectivity index is 3.51. The molecule has 0 fully saturated rings. The summed E-state index contributed by atoms with van der Waals surface area (Å²) in [6, 6.07) is -0.397. The average Bonchev–Trinajstić information content (AvgIpc) is 2.28. The smallest absolute Gasteiger partial charge is 0.325 e. The zero-order chi connectivity index (χ0) is 12.2. The third-order valence-electron chi connectivity index (χ3n) is 1.92. The number of esters is 1. The number of carbonyl (C=O) groups is 1. The minimum Gasteiger partial charge on any atom is -0.465 e. The average molecular weight is 233 g/mol. The zero-order valence-electron chi connectivity index (χ0n) is 10.5. The maximum absolute atomic E-state index is 11.3. The fourth-order valence-electron chi connectivity index (χ4n) is 1.08. The molecule has 0 rings (SSSR count). The number of hydrogen-bond donors (Lipinski definition) is 1. The number of ether oxygens (including phenoxy) is 3. The summed E-state index contributed by atoms with van der Waals surface area (Å²) in [5, 5.41) is 2.85. The Kier molecular flexibility index (Phi) is 10.4. The van der Waals surface area contributed by atoms with Crippen LogP contribution in [-0.2, 0) is 19.0 Å². The maximum atomic E-state index is 11.3. The van der Waals surface area contributed by atoms with E-state index < -0.39 is 6.04 Å². The summed E-state index contributed by atoms with van der Waals surface area (Å²) in [6.45, 7) is 6.34. The first-order valence-electron chi connectivity index (χ1n) is 5.75. The zero-order valence-corrected chi connectivity index (χ0v) is 10.5. The van der Waals surface area contributed by atoms with Gasteiger partial charge in [0.1, 0.15) is 6.04 Å². The van der Waals surface area contributed by atoms with Crippen molar-refractivity contribution in [2.45, 2.75) is 26.3 Å². The molecule has 0 aliphatic rings. The van der Waals surface area contributed by atoms with Crippen LogP contribution in [0.25, 0.3) is 0 Å². The molecule has 0 aliphatic carbocycles. The van der Waals surface area contributed by atoms with Crippen molar-refractivity contribution < 1.29 is 19.0 Å². The summed E-state index contributed by atoms with van der Waals surface area (Å²) in [5.74, 6) is -0.278. The molecule has 0 spiro atoms. The van der Waals surface area contributed by atoms with Crippen molar-refractivity contribution in [2.75, 3.05) is 40.1 Å². The quantitative estimate of drug-likeness (QED) is 0.442. The van der Waals surface area contributed by atoms with E-state index in [0.29, 0.717) is 26.4 Å². The SMILES string of the molecule is CCCOCCOCC(NC)C(=O)OCC. The van der Waals surface area contributed by atoms with Gasteiger partial charge >= 0.3 is 5.97 Å². The second-order valence-electron chi connectivity index (χ2n) is 3.28. The van der Waals surface area contributed by atoms with E-state index in [1.54, 1.807) is 14.0 Å².